The van der Waals surface area contributed by atoms with E-state index in [9.17, 15) is 19.2 Å². The number of thioether (sulfide) groups is 1. The van der Waals surface area contributed by atoms with Gasteiger partial charge in [0.2, 0.25) is 11.8 Å². The van der Waals surface area contributed by atoms with Crippen LogP contribution in [0, 0.1) is 0 Å². The van der Waals surface area contributed by atoms with Gasteiger partial charge in [-0.15, -0.1) is 11.8 Å². The molecule has 2 heterocycles. The standard InChI is InChI=1S/C19H23N3O5S/c1-2-20-15(23)10-21-16(24)11-27-18(26)14-12-28-19(9-8-17(25)22(14)19)13-6-4-3-5-7-13/h3-7,14H,2,8-12H2,1H3,(H,20,23)(H,21,24)/t14-,19+/m0/s1. The second-order valence-corrected chi connectivity index (χ2v) is 7.88. The van der Waals surface area contributed by atoms with Crippen LogP contribution >= 0.6 is 11.8 Å². The Balaban J connectivity index is 1.60. The van der Waals surface area contributed by atoms with Crippen molar-refractivity contribution in [1.29, 1.82) is 0 Å². The molecule has 2 aliphatic rings. The molecule has 8 nitrogen and oxygen atoms in total. The Bertz CT molecular complexity index is 772. The van der Waals surface area contributed by atoms with Crippen molar-refractivity contribution >= 4 is 35.5 Å². The lowest BCUT2D eigenvalue weighted by Crippen LogP contribution is -2.47. The predicted molar refractivity (Wildman–Crippen MR) is 103 cm³/mol. The van der Waals surface area contributed by atoms with Gasteiger partial charge < -0.3 is 20.3 Å². The van der Waals surface area contributed by atoms with Crippen LogP contribution in [0.15, 0.2) is 30.3 Å². The molecule has 0 bridgehead atoms. The highest BCUT2D eigenvalue weighted by molar-refractivity contribution is 8.00. The number of hydrogen-bond donors (Lipinski definition) is 2. The molecule has 0 spiro atoms. The van der Waals surface area contributed by atoms with Gasteiger partial charge in [0.1, 0.15) is 10.9 Å². The number of esters is 1. The number of amides is 3. The van der Waals surface area contributed by atoms with Gasteiger partial charge in [-0.05, 0) is 18.9 Å². The maximum atomic E-state index is 12.6. The lowest BCUT2D eigenvalue weighted by molar-refractivity contribution is -0.156. The summed E-state index contributed by atoms with van der Waals surface area (Å²) in [6.07, 6.45) is 1.01. The first kappa shape index (κ1) is 20.2. The van der Waals surface area contributed by atoms with E-state index >= 15 is 0 Å². The first-order valence-electron chi connectivity index (χ1n) is 9.19. The quantitative estimate of drug-likeness (QED) is 0.635. The molecular weight excluding hydrogens is 382 g/mol. The summed E-state index contributed by atoms with van der Waals surface area (Å²) in [6.45, 7) is 1.58. The molecule has 0 aromatic heterocycles. The van der Waals surface area contributed by atoms with E-state index in [1.54, 1.807) is 23.6 Å². The lowest BCUT2D eigenvalue weighted by Gasteiger charge is -2.33. The number of nitrogens with one attached hydrogen (secondary N) is 2. The number of rotatable bonds is 7. The number of carbonyl (C=O) groups excluding carboxylic acids is 4. The SMILES string of the molecule is CCNC(=O)CNC(=O)COC(=O)[C@@H]1CS[C@@]2(c3ccccc3)CCC(=O)N12. The molecular formula is C19H23N3O5S. The van der Waals surface area contributed by atoms with Gasteiger partial charge in [-0.2, -0.15) is 0 Å². The fourth-order valence-electron chi connectivity index (χ4n) is 3.54. The number of hydrogen-bond acceptors (Lipinski definition) is 6. The van der Waals surface area contributed by atoms with Gasteiger partial charge in [0.15, 0.2) is 6.61 Å². The number of ether oxygens (including phenoxy) is 1. The summed E-state index contributed by atoms with van der Waals surface area (Å²) in [4.78, 5) is 49.3. The number of benzene rings is 1. The second kappa shape index (κ2) is 8.64. The van der Waals surface area contributed by atoms with E-state index in [2.05, 4.69) is 10.6 Å². The van der Waals surface area contributed by atoms with Crippen LogP contribution in [0.1, 0.15) is 25.3 Å². The number of likely N-dealkylation sites (N-methyl/N-ethyl adjacent to an activating group) is 1. The minimum atomic E-state index is -0.726. The molecule has 1 aromatic carbocycles. The molecule has 3 amide bonds. The molecule has 2 atom stereocenters. The molecule has 150 valence electrons. The Labute approximate surface area is 167 Å². The minimum Gasteiger partial charge on any atom is -0.454 e. The Kier molecular flexibility index (Phi) is 6.23. The molecule has 0 radical (unpaired) electrons. The van der Waals surface area contributed by atoms with Crippen molar-refractivity contribution in [3.63, 3.8) is 0 Å². The van der Waals surface area contributed by atoms with Crippen molar-refractivity contribution in [1.82, 2.24) is 15.5 Å². The molecule has 0 aliphatic carbocycles. The van der Waals surface area contributed by atoms with E-state index in [1.807, 2.05) is 30.3 Å². The van der Waals surface area contributed by atoms with Gasteiger partial charge in [-0.25, -0.2) is 4.79 Å². The van der Waals surface area contributed by atoms with Crippen LogP contribution in [-0.4, -0.2) is 60.1 Å². The predicted octanol–water partition coefficient (Wildman–Crippen LogP) is 0.373. The largest absolute Gasteiger partial charge is 0.454 e. The Morgan fingerprint density at radius 1 is 1.21 bits per heavy atom. The first-order chi connectivity index (χ1) is 13.5. The zero-order chi connectivity index (χ0) is 20.1. The van der Waals surface area contributed by atoms with Crippen LogP contribution in [0.4, 0.5) is 0 Å². The van der Waals surface area contributed by atoms with Gasteiger partial charge in [0.05, 0.1) is 6.54 Å². The van der Waals surface area contributed by atoms with Gasteiger partial charge in [0, 0.05) is 18.7 Å². The monoisotopic (exact) mass is 405 g/mol. The zero-order valence-corrected chi connectivity index (χ0v) is 16.4. The van der Waals surface area contributed by atoms with Crippen LogP contribution in [0.25, 0.3) is 0 Å². The van der Waals surface area contributed by atoms with Gasteiger partial charge in [-0.3, -0.25) is 14.4 Å². The van der Waals surface area contributed by atoms with Crippen LogP contribution in [0.3, 0.4) is 0 Å². The number of nitrogens with zero attached hydrogens (tertiary/aromatic N) is 1. The number of fused-ring (bicyclic) bond motifs is 1. The molecule has 2 saturated heterocycles. The van der Waals surface area contributed by atoms with Crippen molar-refractivity contribution in [3.05, 3.63) is 35.9 Å². The van der Waals surface area contributed by atoms with E-state index < -0.39 is 29.4 Å². The highest BCUT2D eigenvalue weighted by atomic mass is 32.2. The van der Waals surface area contributed by atoms with Crippen molar-refractivity contribution in [3.8, 4) is 0 Å². The van der Waals surface area contributed by atoms with E-state index in [0.717, 1.165) is 5.56 Å². The minimum absolute atomic E-state index is 0.0866. The third-order valence-corrected chi connectivity index (χ3v) is 6.39. The Hall–Kier alpha value is -2.55. The summed E-state index contributed by atoms with van der Waals surface area (Å²) in [5.74, 6) is -1.15. The zero-order valence-electron chi connectivity index (χ0n) is 15.6. The third kappa shape index (κ3) is 3.99. The highest BCUT2D eigenvalue weighted by Crippen LogP contribution is 2.54. The summed E-state index contributed by atoms with van der Waals surface area (Å²) in [5.41, 5.74) is 0.987. The van der Waals surface area contributed by atoms with Gasteiger partial charge in [-0.1, -0.05) is 30.3 Å². The summed E-state index contributed by atoms with van der Waals surface area (Å²) in [7, 11) is 0. The Morgan fingerprint density at radius 2 is 1.96 bits per heavy atom. The molecule has 2 aliphatic heterocycles. The van der Waals surface area contributed by atoms with E-state index in [1.165, 1.54) is 0 Å². The second-order valence-electron chi connectivity index (χ2n) is 6.58. The van der Waals surface area contributed by atoms with Gasteiger partial charge >= 0.3 is 5.97 Å². The number of carbonyl (C=O) groups is 4. The maximum absolute atomic E-state index is 12.6. The lowest BCUT2D eigenvalue weighted by atomic mass is 10.0. The summed E-state index contributed by atoms with van der Waals surface area (Å²) in [5, 5.41) is 4.94. The van der Waals surface area contributed by atoms with Crippen LogP contribution < -0.4 is 10.6 Å². The molecule has 9 heteroatoms. The molecule has 1 aromatic rings. The summed E-state index contributed by atoms with van der Waals surface area (Å²) in [6, 6.07) is 8.93. The molecule has 2 fully saturated rings. The smallest absolute Gasteiger partial charge is 0.330 e. The van der Waals surface area contributed by atoms with Crippen LogP contribution in [0.2, 0.25) is 0 Å². The molecule has 3 rings (SSSR count). The van der Waals surface area contributed by atoms with Crippen LogP contribution in [-0.2, 0) is 28.8 Å². The molecule has 0 unspecified atom stereocenters. The van der Waals surface area contributed by atoms with Crippen molar-refractivity contribution < 1.29 is 23.9 Å². The van der Waals surface area contributed by atoms with Gasteiger partial charge in [0.25, 0.3) is 5.91 Å². The molecule has 0 saturated carbocycles. The fourth-order valence-corrected chi connectivity index (χ4v) is 5.17. The normalized spacial score (nSPS) is 23.2. The Morgan fingerprint density at radius 3 is 2.68 bits per heavy atom. The maximum Gasteiger partial charge on any atom is 0.330 e. The topological polar surface area (TPSA) is 105 Å². The first-order valence-corrected chi connectivity index (χ1v) is 10.2. The van der Waals surface area contributed by atoms with E-state index in [-0.39, 0.29) is 18.4 Å². The van der Waals surface area contributed by atoms with Crippen molar-refractivity contribution in [2.75, 3.05) is 25.4 Å². The highest BCUT2D eigenvalue weighted by Gasteiger charge is 2.57. The average molecular weight is 405 g/mol. The summed E-state index contributed by atoms with van der Waals surface area (Å²) < 4.78 is 5.13. The average Bonchev–Trinajstić information content (AvgIpc) is 3.25. The van der Waals surface area contributed by atoms with Crippen molar-refractivity contribution in [2.45, 2.75) is 30.7 Å². The van der Waals surface area contributed by atoms with Crippen LogP contribution in [0.5, 0.6) is 0 Å². The third-order valence-electron chi connectivity index (χ3n) is 4.79. The summed E-state index contributed by atoms with van der Waals surface area (Å²) >= 11 is 1.56. The molecule has 28 heavy (non-hydrogen) atoms. The van der Waals surface area contributed by atoms with Crippen molar-refractivity contribution in [2.24, 2.45) is 0 Å². The van der Waals surface area contributed by atoms with E-state index in [4.69, 9.17) is 4.74 Å². The van der Waals surface area contributed by atoms with E-state index in [0.29, 0.717) is 25.1 Å². The fraction of sp³-hybridized carbons (Fsp3) is 0.474. The molecule has 2 N–H and O–H groups in total.